The van der Waals surface area contributed by atoms with Crippen molar-refractivity contribution in [2.45, 2.75) is 20.0 Å². The average molecular weight is 479 g/mol. The van der Waals surface area contributed by atoms with Crippen molar-refractivity contribution in [3.8, 4) is 5.75 Å². The molecule has 0 atom stereocenters. The zero-order valence-corrected chi connectivity index (χ0v) is 19.8. The Hall–Kier alpha value is -3.60. The molecule has 0 saturated carbocycles. The molecule has 0 saturated heterocycles. The van der Waals surface area contributed by atoms with E-state index in [1.54, 1.807) is 12.1 Å². The van der Waals surface area contributed by atoms with Gasteiger partial charge in [-0.05, 0) is 56.3 Å². The van der Waals surface area contributed by atoms with Gasteiger partial charge in [0, 0.05) is 0 Å². The number of rotatable bonds is 9. The van der Waals surface area contributed by atoms with Gasteiger partial charge in [-0.25, -0.2) is 18.0 Å². The lowest BCUT2D eigenvalue weighted by Gasteiger charge is -2.22. The van der Waals surface area contributed by atoms with Crippen molar-refractivity contribution in [3.05, 3.63) is 53.6 Å². The van der Waals surface area contributed by atoms with Crippen LogP contribution in [0.4, 0.5) is 11.4 Å². The normalized spacial score (nSPS) is 11.0. The van der Waals surface area contributed by atoms with Crippen molar-refractivity contribution >= 4 is 39.2 Å². The number of hydrogen-bond acceptors (Lipinski definition) is 8. The Labute approximate surface area is 192 Å². The summed E-state index contributed by atoms with van der Waals surface area (Å²) in [4.78, 5) is 36.7. The summed E-state index contributed by atoms with van der Waals surface area (Å²) in [6.45, 7) is 3.14. The third kappa shape index (κ3) is 6.94. The lowest BCUT2D eigenvalue weighted by atomic mass is 10.1. The maximum absolute atomic E-state index is 12.8. The molecule has 0 radical (unpaired) electrons. The summed E-state index contributed by atoms with van der Waals surface area (Å²) < 4.78 is 40.6. The third-order valence-corrected chi connectivity index (χ3v) is 5.44. The maximum atomic E-state index is 12.8. The van der Waals surface area contributed by atoms with E-state index in [1.165, 1.54) is 44.6 Å². The van der Waals surface area contributed by atoms with E-state index in [0.717, 1.165) is 10.6 Å². The van der Waals surface area contributed by atoms with Crippen molar-refractivity contribution in [3.63, 3.8) is 0 Å². The largest absolute Gasteiger partial charge is 0.491 e. The molecule has 0 spiro atoms. The smallest absolute Gasteiger partial charge is 0.339 e. The average Bonchev–Trinajstić information content (AvgIpc) is 2.76. The summed E-state index contributed by atoms with van der Waals surface area (Å²) in [7, 11) is -1.47. The van der Waals surface area contributed by atoms with E-state index >= 15 is 0 Å². The predicted molar refractivity (Wildman–Crippen MR) is 122 cm³/mol. The molecule has 10 nitrogen and oxygen atoms in total. The van der Waals surface area contributed by atoms with Crippen LogP contribution in [-0.4, -0.2) is 59.4 Å². The Balaban J connectivity index is 2.32. The number of anilines is 2. The molecule has 11 heteroatoms. The summed E-state index contributed by atoms with van der Waals surface area (Å²) in [6, 6.07) is 10.1. The fourth-order valence-electron chi connectivity index (χ4n) is 2.86. The third-order valence-electron chi connectivity index (χ3n) is 4.30. The molecule has 0 bridgehead atoms. The molecule has 2 aromatic rings. The van der Waals surface area contributed by atoms with E-state index in [-0.39, 0.29) is 28.6 Å². The minimum absolute atomic E-state index is 0.0143. The molecule has 0 aliphatic heterocycles. The summed E-state index contributed by atoms with van der Waals surface area (Å²) >= 11 is 0. The number of hydrogen-bond donors (Lipinski definition) is 1. The lowest BCUT2D eigenvalue weighted by molar-refractivity contribution is -0.114. The number of amides is 1. The summed E-state index contributed by atoms with van der Waals surface area (Å²) in [5.41, 5.74) is 0.296. The summed E-state index contributed by atoms with van der Waals surface area (Å²) in [5.74, 6) is -1.62. The van der Waals surface area contributed by atoms with Gasteiger partial charge >= 0.3 is 11.9 Å². The molecule has 0 aliphatic rings. The Bertz CT molecular complexity index is 1130. The quantitative estimate of drug-likeness (QED) is 0.544. The SMILES string of the molecule is COC(=O)c1ccc(C(=O)OC)c(NC(=O)CN(c2ccc(OC(C)C)cc2)S(C)(=O)=O)c1. The number of carbonyl (C=O) groups is 3. The molecular formula is C22H26N2O8S. The highest BCUT2D eigenvalue weighted by Crippen LogP contribution is 2.23. The van der Waals surface area contributed by atoms with Gasteiger partial charge in [0.2, 0.25) is 15.9 Å². The van der Waals surface area contributed by atoms with Crippen LogP contribution in [0.5, 0.6) is 5.75 Å². The first kappa shape index (κ1) is 25.7. The number of esters is 2. The highest BCUT2D eigenvalue weighted by Gasteiger charge is 2.23. The van der Waals surface area contributed by atoms with Gasteiger partial charge < -0.3 is 19.5 Å². The maximum Gasteiger partial charge on any atom is 0.339 e. The van der Waals surface area contributed by atoms with E-state index in [1.807, 2.05) is 13.8 Å². The number of nitrogens with one attached hydrogen (secondary N) is 1. The second-order valence-corrected chi connectivity index (χ2v) is 9.13. The number of ether oxygens (including phenoxy) is 3. The van der Waals surface area contributed by atoms with Crippen LogP contribution in [0.1, 0.15) is 34.6 Å². The topological polar surface area (TPSA) is 128 Å². The minimum atomic E-state index is -3.83. The molecule has 1 amide bonds. The Morgan fingerprint density at radius 1 is 0.970 bits per heavy atom. The van der Waals surface area contributed by atoms with Crippen molar-refractivity contribution in [2.75, 3.05) is 36.6 Å². The fourth-order valence-corrected chi connectivity index (χ4v) is 3.72. The minimum Gasteiger partial charge on any atom is -0.491 e. The molecule has 178 valence electrons. The van der Waals surface area contributed by atoms with Crippen molar-refractivity contribution in [1.82, 2.24) is 0 Å². The van der Waals surface area contributed by atoms with Gasteiger partial charge in [-0.15, -0.1) is 0 Å². The standard InChI is InChI=1S/C22H26N2O8S/c1-14(2)32-17-9-7-16(8-10-17)24(33(5,28)29)13-20(25)23-19-12-15(21(26)30-3)6-11-18(19)22(27)31-4/h6-12,14H,13H2,1-5H3,(H,23,25). The second-order valence-electron chi connectivity index (χ2n) is 7.22. The van der Waals surface area contributed by atoms with Gasteiger partial charge in [0.1, 0.15) is 12.3 Å². The van der Waals surface area contributed by atoms with E-state index in [4.69, 9.17) is 9.47 Å². The molecular weight excluding hydrogens is 452 g/mol. The molecule has 0 aromatic heterocycles. The van der Waals surface area contributed by atoms with E-state index < -0.39 is 34.4 Å². The monoisotopic (exact) mass is 478 g/mol. The van der Waals surface area contributed by atoms with Gasteiger partial charge in [-0.1, -0.05) is 0 Å². The van der Waals surface area contributed by atoms with Crippen LogP contribution in [0.15, 0.2) is 42.5 Å². The van der Waals surface area contributed by atoms with Crippen LogP contribution in [0.2, 0.25) is 0 Å². The number of carbonyl (C=O) groups excluding carboxylic acids is 3. The fraction of sp³-hybridized carbons (Fsp3) is 0.318. The number of nitrogens with zero attached hydrogens (tertiary/aromatic N) is 1. The molecule has 2 rings (SSSR count). The Morgan fingerprint density at radius 3 is 2.09 bits per heavy atom. The first-order chi connectivity index (χ1) is 15.5. The number of sulfonamides is 1. The molecule has 0 fully saturated rings. The first-order valence-corrected chi connectivity index (χ1v) is 11.7. The summed E-state index contributed by atoms with van der Waals surface area (Å²) in [5, 5.41) is 2.48. The highest BCUT2D eigenvalue weighted by molar-refractivity contribution is 7.92. The van der Waals surface area contributed by atoms with Crippen LogP contribution in [0, 0.1) is 0 Å². The molecule has 33 heavy (non-hydrogen) atoms. The van der Waals surface area contributed by atoms with E-state index in [0.29, 0.717) is 5.75 Å². The number of benzene rings is 2. The molecule has 0 heterocycles. The highest BCUT2D eigenvalue weighted by atomic mass is 32.2. The van der Waals surface area contributed by atoms with Gasteiger partial charge in [-0.2, -0.15) is 0 Å². The Kier molecular flexibility index (Phi) is 8.41. The second kappa shape index (κ2) is 10.8. The van der Waals surface area contributed by atoms with Gasteiger partial charge in [0.05, 0.1) is 49.1 Å². The van der Waals surface area contributed by atoms with E-state index in [9.17, 15) is 22.8 Å². The summed E-state index contributed by atoms with van der Waals surface area (Å²) in [6.07, 6.45) is 0.911. The molecule has 0 aliphatic carbocycles. The lowest BCUT2D eigenvalue weighted by Crippen LogP contribution is -2.37. The number of methoxy groups -OCH3 is 2. The predicted octanol–water partition coefficient (Wildman–Crippen LogP) is 2.45. The zero-order valence-electron chi connectivity index (χ0n) is 18.9. The van der Waals surface area contributed by atoms with Crippen LogP contribution in [0.3, 0.4) is 0 Å². The zero-order chi connectivity index (χ0) is 24.8. The molecule has 1 N–H and O–H groups in total. The van der Waals surface area contributed by atoms with Crippen LogP contribution < -0.4 is 14.4 Å². The van der Waals surface area contributed by atoms with Crippen LogP contribution in [0.25, 0.3) is 0 Å². The van der Waals surface area contributed by atoms with Crippen molar-refractivity contribution in [2.24, 2.45) is 0 Å². The first-order valence-electron chi connectivity index (χ1n) is 9.81. The van der Waals surface area contributed by atoms with Crippen molar-refractivity contribution in [1.29, 1.82) is 0 Å². The van der Waals surface area contributed by atoms with Gasteiger partial charge in [0.25, 0.3) is 0 Å². The van der Waals surface area contributed by atoms with Crippen LogP contribution >= 0.6 is 0 Å². The Morgan fingerprint density at radius 2 is 1.58 bits per heavy atom. The van der Waals surface area contributed by atoms with E-state index in [2.05, 4.69) is 10.1 Å². The van der Waals surface area contributed by atoms with Gasteiger partial charge in [0.15, 0.2) is 0 Å². The molecule has 0 unspecified atom stereocenters. The molecule has 2 aromatic carbocycles. The van der Waals surface area contributed by atoms with Crippen LogP contribution in [-0.2, 0) is 24.3 Å². The van der Waals surface area contributed by atoms with Gasteiger partial charge in [-0.3, -0.25) is 9.10 Å². The van der Waals surface area contributed by atoms with Crippen molar-refractivity contribution < 1.29 is 37.0 Å².